The second kappa shape index (κ2) is 16.4. The van der Waals surface area contributed by atoms with Crippen molar-refractivity contribution in [1.82, 2.24) is 21.3 Å². The predicted molar refractivity (Wildman–Crippen MR) is 139 cm³/mol. The van der Waals surface area contributed by atoms with Crippen molar-refractivity contribution >= 4 is 29.6 Å². The molecule has 1 aromatic heterocycles. The minimum Gasteiger partial charge on any atom is -0.377 e. The van der Waals surface area contributed by atoms with Gasteiger partial charge in [-0.3, -0.25) is 9.59 Å². The van der Waals surface area contributed by atoms with Crippen molar-refractivity contribution in [3.05, 3.63) is 30.1 Å². The lowest BCUT2D eigenvalue weighted by Crippen LogP contribution is -2.36. The summed E-state index contributed by atoms with van der Waals surface area (Å²) in [5.41, 5.74) is 0.611. The molecule has 4 N–H and O–H groups in total. The summed E-state index contributed by atoms with van der Waals surface area (Å²) in [6.45, 7) is 3.58. The van der Waals surface area contributed by atoms with E-state index in [1.807, 2.05) is 35.6 Å². The summed E-state index contributed by atoms with van der Waals surface area (Å²) in [4.78, 5) is 35.4. The Bertz CT molecular complexity index is 876. The number of rotatable bonds is 18. The minimum absolute atomic E-state index is 0.0405. The Labute approximate surface area is 222 Å². The van der Waals surface area contributed by atoms with Gasteiger partial charge in [-0.2, -0.15) is 11.8 Å². The van der Waals surface area contributed by atoms with Crippen molar-refractivity contribution in [2.75, 3.05) is 58.5 Å². The molecule has 37 heavy (non-hydrogen) atoms. The van der Waals surface area contributed by atoms with Crippen LogP contribution in [-0.2, 0) is 26.1 Å². The van der Waals surface area contributed by atoms with Crippen molar-refractivity contribution in [1.29, 1.82) is 0 Å². The summed E-state index contributed by atoms with van der Waals surface area (Å²) in [5, 5.41) is 12.1. The van der Waals surface area contributed by atoms with Crippen LogP contribution in [0.3, 0.4) is 0 Å². The van der Waals surface area contributed by atoms with Crippen molar-refractivity contribution in [2.45, 2.75) is 43.0 Å². The van der Waals surface area contributed by atoms with Gasteiger partial charge < -0.3 is 35.5 Å². The molecule has 0 aliphatic carbocycles. The van der Waals surface area contributed by atoms with E-state index < -0.39 is 0 Å². The first-order valence-corrected chi connectivity index (χ1v) is 14.0. The lowest BCUT2D eigenvalue weighted by Gasteiger charge is -2.16. The molecule has 206 valence electrons. The Hall–Kier alpha value is -2.41. The molecule has 1 aromatic rings. The van der Waals surface area contributed by atoms with Crippen LogP contribution in [0.15, 0.2) is 24.5 Å². The molecule has 0 saturated carbocycles. The molecule has 0 aromatic carbocycles. The molecule has 3 heterocycles. The van der Waals surface area contributed by atoms with E-state index in [4.69, 9.17) is 14.2 Å². The molecular formula is C25H40N5O6S+. The van der Waals surface area contributed by atoms with E-state index >= 15 is 0 Å². The number of pyridine rings is 1. The minimum atomic E-state index is -0.125. The van der Waals surface area contributed by atoms with Crippen LogP contribution in [-0.4, -0.2) is 93.7 Å². The van der Waals surface area contributed by atoms with Crippen LogP contribution in [0.4, 0.5) is 4.79 Å². The van der Waals surface area contributed by atoms with E-state index in [2.05, 4.69) is 21.3 Å². The average molecular weight is 539 g/mol. The van der Waals surface area contributed by atoms with Gasteiger partial charge in [-0.25, -0.2) is 9.36 Å². The van der Waals surface area contributed by atoms with E-state index in [-0.39, 0.29) is 29.9 Å². The molecule has 12 heteroatoms. The van der Waals surface area contributed by atoms with Crippen LogP contribution >= 0.6 is 11.8 Å². The molecule has 0 spiro atoms. The number of unbranched alkanes of at least 4 members (excludes halogenated alkanes) is 1. The largest absolute Gasteiger partial charge is 0.377 e. The zero-order valence-electron chi connectivity index (χ0n) is 21.5. The molecule has 11 nitrogen and oxygen atoms in total. The van der Waals surface area contributed by atoms with Gasteiger partial charge in [0.2, 0.25) is 5.91 Å². The molecule has 2 fully saturated rings. The van der Waals surface area contributed by atoms with Crippen LogP contribution in [0, 0.1) is 0 Å². The first kappa shape index (κ1) is 29.2. The first-order valence-electron chi connectivity index (χ1n) is 12.9. The number of ether oxygens (including phenoxy) is 3. The maximum Gasteiger partial charge on any atom is 0.315 e. The highest BCUT2D eigenvalue weighted by Crippen LogP contribution is 2.33. The molecule has 0 unspecified atom stereocenters. The van der Waals surface area contributed by atoms with Gasteiger partial charge in [0.1, 0.15) is 12.6 Å². The fraction of sp³-hybridized carbons (Fsp3) is 0.680. The number of carbonyl (C=O) groups is 3. The Morgan fingerprint density at radius 3 is 2.46 bits per heavy atom. The van der Waals surface area contributed by atoms with E-state index in [1.165, 1.54) is 0 Å². The lowest BCUT2D eigenvalue weighted by atomic mass is 10.0. The Kier molecular flexibility index (Phi) is 12.9. The molecular weight excluding hydrogens is 498 g/mol. The molecule has 4 amide bonds. The number of aryl methyl sites for hydroxylation is 1. The van der Waals surface area contributed by atoms with Crippen LogP contribution < -0.4 is 25.8 Å². The maximum absolute atomic E-state index is 12.0. The quantitative estimate of drug-likeness (QED) is 0.119. The summed E-state index contributed by atoms with van der Waals surface area (Å²) in [7, 11) is 1.87. The van der Waals surface area contributed by atoms with E-state index in [1.54, 1.807) is 12.3 Å². The number of carbonyl (C=O) groups excluding carboxylic acids is 3. The van der Waals surface area contributed by atoms with Crippen LogP contribution in [0.2, 0.25) is 0 Å². The number of hydrogen-bond donors (Lipinski definition) is 4. The third kappa shape index (κ3) is 10.8. The van der Waals surface area contributed by atoms with Gasteiger partial charge in [-0.15, -0.1) is 0 Å². The first-order chi connectivity index (χ1) is 18.0. The summed E-state index contributed by atoms with van der Waals surface area (Å²) in [5.74, 6) is 0.877. The van der Waals surface area contributed by atoms with Crippen LogP contribution in [0.25, 0.3) is 0 Å². The van der Waals surface area contributed by atoms with Gasteiger partial charge in [0, 0.05) is 36.6 Å². The maximum atomic E-state index is 12.0. The summed E-state index contributed by atoms with van der Waals surface area (Å²) in [6, 6.07) is 4.01. The van der Waals surface area contributed by atoms with E-state index in [0.29, 0.717) is 70.0 Å². The van der Waals surface area contributed by atoms with E-state index in [0.717, 1.165) is 25.0 Å². The molecule has 2 saturated heterocycles. The second-order valence-corrected chi connectivity index (χ2v) is 10.3. The SMILES string of the molecule is C[n+]1cccc(C(=O)NCCOCCOCCOCCNC(=O)CCCC[C@@H]2SC[C@@H]3NC(=O)N[C@@H]32)c1. The molecule has 2 aliphatic heterocycles. The number of thioether (sulfide) groups is 1. The van der Waals surface area contributed by atoms with Crippen molar-refractivity contribution in [2.24, 2.45) is 7.05 Å². The van der Waals surface area contributed by atoms with Gasteiger partial charge in [-0.05, 0) is 18.9 Å². The topological polar surface area (TPSA) is 131 Å². The molecule has 3 rings (SSSR count). The highest BCUT2D eigenvalue weighted by Gasteiger charge is 2.42. The van der Waals surface area contributed by atoms with Gasteiger partial charge in [0.25, 0.3) is 5.91 Å². The molecule has 3 atom stereocenters. The third-order valence-electron chi connectivity index (χ3n) is 6.13. The standard InChI is InChI=1S/C25H39N5O6S/c1-30-10-4-5-19(17-30)24(32)27-9-12-35-14-16-36-15-13-34-11-8-26-22(31)7-3-2-6-21-23-20(18-37-21)28-25(33)29-23/h4-5,10,17,20-21,23H,2-3,6-9,11-16,18H2,1H3,(H3-,26,27,28,29,31,32,33)/p+1/t20-,21-,23-/m0/s1. The zero-order chi connectivity index (χ0) is 26.3. The van der Waals surface area contributed by atoms with Crippen molar-refractivity contribution in [3.63, 3.8) is 0 Å². The monoisotopic (exact) mass is 538 g/mol. The number of urea groups is 1. The van der Waals surface area contributed by atoms with Gasteiger partial charge in [0.05, 0.1) is 51.7 Å². The highest BCUT2D eigenvalue weighted by molar-refractivity contribution is 8.00. The average Bonchev–Trinajstić information content (AvgIpc) is 3.43. The lowest BCUT2D eigenvalue weighted by molar-refractivity contribution is -0.671. The summed E-state index contributed by atoms with van der Waals surface area (Å²) >= 11 is 1.90. The number of amides is 4. The van der Waals surface area contributed by atoms with Crippen LogP contribution in [0.1, 0.15) is 36.0 Å². The molecule has 0 radical (unpaired) electrons. The van der Waals surface area contributed by atoms with Gasteiger partial charge in [0.15, 0.2) is 12.4 Å². The smallest absolute Gasteiger partial charge is 0.315 e. The van der Waals surface area contributed by atoms with Crippen molar-refractivity contribution < 1.29 is 33.2 Å². The molecule has 0 bridgehead atoms. The Morgan fingerprint density at radius 2 is 1.73 bits per heavy atom. The van der Waals surface area contributed by atoms with Crippen LogP contribution in [0.5, 0.6) is 0 Å². The van der Waals surface area contributed by atoms with Gasteiger partial charge >= 0.3 is 6.03 Å². The van der Waals surface area contributed by atoms with E-state index in [9.17, 15) is 14.4 Å². The number of nitrogens with one attached hydrogen (secondary N) is 4. The number of nitrogens with zero attached hydrogens (tertiary/aromatic N) is 1. The number of fused-ring (bicyclic) bond motifs is 1. The zero-order valence-corrected chi connectivity index (χ0v) is 22.4. The fourth-order valence-corrected chi connectivity index (χ4v) is 5.77. The fourth-order valence-electron chi connectivity index (χ4n) is 4.23. The predicted octanol–water partition coefficient (Wildman–Crippen LogP) is 0.133. The highest BCUT2D eigenvalue weighted by atomic mass is 32.2. The summed E-state index contributed by atoms with van der Waals surface area (Å²) in [6.07, 6.45) is 6.98. The molecule has 2 aliphatic rings. The Morgan fingerprint density at radius 1 is 1.03 bits per heavy atom. The second-order valence-electron chi connectivity index (χ2n) is 9.07. The normalized spacial score (nSPS) is 20.2. The summed E-state index contributed by atoms with van der Waals surface area (Å²) < 4.78 is 18.2. The van der Waals surface area contributed by atoms with Gasteiger partial charge in [-0.1, -0.05) is 6.42 Å². The number of aromatic nitrogens is 1. The van der Waals surface area contributed by atoms with Crippen molar-refractivity contribution in [3.8, 4) is 0 Å². The third-order valence-corrected chi connectivity index (χ3v) is 7.64. The number of hydrogen-bond acceptors (Lipinski definition) is 7. The Balaban J connectivity index is 1.04.